The Hall–Kier alpha value is -3.16. The summed E-state index contributed by atoms with van der Waals surface area (Å²) >= 11 is 2.65. The molecule has 0 aliphatic carbocycles. The second-order valence-electron chi connectivity index (χ2n) is 9.08. The lowest BCUT2D eigenvalue weighted by Gasteiger charge is -2.33. The van der Waals surface area contributed by atoms with Gasteiger partial charge in [-0.3, -0.25) is 4.79 Å². The Morgan fingerprint density at radius 3 is 2.57 bits per heavy atom. The Labute approximate surface area is 213 Å². The normalized spacial score (nSPS) is 14.9. The number of piperidine rings is 1. The van der Waals surface area contributed by atoms with Crippen molar-refractivity contribution in [3.63, 3.8) is 0 Å². The van der Waals surface area contributed by atoms with Crippen molar-refractivity contribution in [1.29, 1.82) is 0 Å². The van der Waals surface area contributed by atoms with E-state index < -0.39 is 5.41 Å². The van der Waals surface area contributed by atoms with Crippen molar-refractivity contribution < 1.29 is 9.53 Å². The van der Waals surface area contributed by atoms with E-state index in [4.69, 9.17) is 16.3 Å². The van der Waals surface area contributed by atoms with Gasteiger partial charge in [0.25, 0.3) is 0 Å². The number of ether oxygens (including phenoxy) is 1. The zero-order valence-electron chi connectivity index (χ0n) is 20.3. The van der Waals surface area contributed by atoms with E-state index in [2.05, 4.69) is 24.3 Å². The smallest absolute Gasteiger partial charge is 0.311 e. The predicted molar refractivity (Wildman–Crippen MR) is 140 cm³/mol. The highest BCUT2D eigenvalue weighted by atomic mass is 32.1. The number of esters is 1. The average Bonchev–Trinajstić information content (AvgIpc) is 3.46. The number of benzene rings is 1. The lowest BCUT2D eigenvalue weighted by atomic mass is 9.90. The zero-order chi connectivity index (χ0) is 25.0. The monoisotopic (exact) mass is 508 g/mol. The molecule has 0 atom stereocenters. The van der Waals surface area contributed by atoms with Crippen LogP contribution in [0.2, 0.25) is 0 Å². The molecule has 0 amide bonds. The molecule has 3 aromatic rings. The van der Waals surface area contributed by atoms with Crippen LogP contribution in [0.4, 0.5) is 20.8 Å². The van der Waals surface area contributed by atoms with Gasteiger partial charge in [-0.1, -0.05) is 48.6 Å². The number of hydrogen-bond donors (Lipinski definition) is 0. The van der Waals surface area contributed by atoms with Crippen LogP contribution in [0.15, 0.2) is 40.6 Å². The molecule has 8 nitrogen and oxygen atoms in total. The fourth-order valence-electron chi connectivity index (χ4n) is 3.55. The highest BCUT2D eigenvalue weighted by Gasteiger charge is 2.31. The SMILES string of the molecule is [C-]#[N+]c1c(C)nsc1N=Nc1sc(N2CCC(OC(=O)C(C)(C)CC)CC2)nc1-c1ccccc1. The Balaban J connectivity index is 1.54. The molecule has 4 rings (SSSR count). The molecule has 182 valence electrons. The summed E-state index contributed by atoms with van der Waals surface area (Å²) in [5, 5.41) is 10.9. The molecule has 0 saturated carbocycles. The molecule has 1 aliphatic heterocycles. The maximum Gasteiger partial charge on any atom is 0.311 e. The van der Waals surface area contributed by atoms with Crippen LogP contribution in [0.3, 0.4) is 0 Å². The molecule has 1 fully saturated rings. The minimum atomic E-state index is -0.458. The number of nitrogens with zero attached hydrogens (tertiary/aromatic N) is 6. The number of aromatic nitrogens is 2. The highest BCUT2D eigenvalue weighted by molar-refractivity contribution is 7.19. The van der Waals surface area contributed by atoms with Crippen LogP contribution in [-0.2, 0) is 9.53 Å². The average molecular weight is 509 g/mol. The largest absolute Gasteiger partial charge is 0.462 e. The van der Waals surface area contributed by atoms with E-state index in [0.29, 0.717) is 21.4 Å². The zero-order valence-corrected chi connectivity index (χ0v) is 21.9. The molecule has 1 aromatic carbocycles. The van der Waals surface area contributed by atoms with Gasteiger partial charge in [0, 0.05) is 31.5 Å². The van der Waals surface area contributed by atoms with E-state index in [1.165, 1.54) is 22.9 Å². The summed E-state index contributed by atoms with van der Waals surface area (Å²) in [5.41, 5.74) is 2.37. The number of thiazole rings is 1. The number of azo groups is 1. The first kappa shape index (κ1) is 24.9. The Kier molecular flexibility index (Phi) is 7.57. The minimum absolute atomic E-state index is 0.0705. The van der Waals surface area contributed by atoms with Gasteiger partial charge in [-0.05, 0) is 38.7 Å². The molecule has 10 heteroatoms. The van der Waals surface area contributed by atoms with Crippen molar-refractivity contribution in [2.45, 2.75) is 53.1 Å². The summed E-state index contributed by atoms with van der Waals surface area (Å²) in [6.45, 7) is 16.5. The van der Waals surface area contributed by atoms with Crippen molar-refractivity contribution in [2.24, 2.45) is 15.6 Å². The number of hydrogen-bond acceptors (Lipinski definition) is 9. The first-order chi connectivity index (χ1) is 16.8. The lowest BCUT2D eigenvalue weighted by molar-refractivity contribution is -0.160. The lowest BCUT2D eigenvalue weighted by Crippen LogP contribution is -2.39. The fourth-order valence-corrected chi connectivity index (χ4v) is 5.18. The van der Waals surface area contributed by atoms with Crippen LogP contribution in [-0.4, -0.2) is 34.5 Å². The summed E-state index contributed by atoms with van der Waals surface area (Å²) in [7, 11) is 0. The first-order valence-corrected chi connectivity index (χ1v) is 13.2. The van der Waals surface area contributed by atoms with E-state index in [1.807, 2.05) is 51.1 Å². The second-order valence-corrected chi connectivity index (χ2v) is 10.8. The molecule has 0 unspecified atom stereocenters. The van der Waals surface area contributed by atoms with Crippen molar-refractivity contribution >= 4 is 49.7 Å². The van der Waals surface area contributed by atoms with Crippen molar-refractivity contribution in [1.82, 2.24) is 9.36 Å². The molecular weight excluding hydrogens is 480 g/mol. The molecule has 0 radical (unpaired) electrons. The minimum Gasteiger partial charge on any atom is -0.462 e. The topological polar surface area (TPSA) is 84.4 Å². The molecule has 2 aromatic heterocycles. The summed E-state index contributed by atoms with van der Waals surface area (Å²) < 4.78 is 10.0. The number of carbonyl (C=O) groups excluding carboxylic acids is 1. The molecular formula is C25H28N6O2S2. The van der Waals surface area contributed by atoms with E-state index in [0.717, 1.165) is 48.7 Å². The van der Waals surface area contributed by atoms with Gasteiger partial charge in [0.15, 0.2) is 15.1 Å². The molecule has 1 saturated heterocycles. The number of rotatable bonds is 7. The second kappa shape index (κ2) is 10.6. The summed E-state index contributed by atoms with van der Waals surface area (Å²) in [6, 6.07) is 9.90. The molecule has 3 heterocycles. The fraction of sp³-hybridized carbons (Fsp3) is 0.440. The molecule has 1 aliphatic rings. The van der Waals surface area contributed by atoms with Crippen molar-refractivity contribution in [2.75, 3.05) is 18.0 Å². The molecule has 35 heavy (non-hydrogen) atoms. The van der Waals surface area contributed by atoms with Crippen LogP contribution in [0.1, 0.15) is 45.7 Å². The van der Waals surface area contributed by atoms with Gasteiger partial charge in [0.05, 0.1) is 17.7 Å². The van der Waals surface area contributed by atoms with Gasteiger partial charge < -0.3 is 9.64 Å². The molecule has 0 N–H and O–H groups in total. The van der Waals surface area contributed by atoms with Gasteiger partial charge in [0.2, 0.25) is 5.69 Å². The number of aryl methyl sites for hydroxylation is 1. The first-order valence-electron chi connectivity index (χ1n) is 11.6. The van der Waals surface area contributed by atoms with E-state index in [-0.39, 0.29) is 12.1 Å². The number of anilines is 1. The van der Waals surface area contributed by atoms with Crippen LogP contribution in [0, 0.1) is 18.9 Å². The standard InChI is InChI=1S/C25H28N6O2S2/c1-6-25(3,4)23(32)33-18-12-14-31(15-13-18)24-27-20(17-10-8-7-9-11-17)21(34-24)28-29-22-19(26-5)16(2)30-35-22/h7-11,18H,6,12-15H2,1-4H3. The van der Waals surface area contributed by atoms with Gasteiger partial charge in [-0.25, -0.2) is 14.2 Å². The highest BCUT2D eigenvalue weighted by Crippen LogP contribution is 2.43. The van der Waals surface area contributed by atoms with E-state index >= 15 is 0 Å². The molecule has 0 bridgehead atoms. The Morgan fingerprint density at radius 1 is 1.23 bits per heavy atom. The van der Waals surface area contributed by atoms with Gasteiger partial charge >= 0.3 is 5.97 Å². The quantitative estimate of drug-likeness (QED) is 0.187. The summed E-state index contributed by atoms with van der Waals surface area (Å²) in [5.74, 6) is -0.126. The third-order valence-corrected chi connectivity index (χ3v) is 8.04. The van der Waals surface area contributed by atoms with E-state index in [1.54, 1.807) is 6.92 Å². The van der Waals surface area contributed by atoms with E-state index in [9.17, 15) is 4.79 Å². The molecule has 0 spiro atoms. The summed E-state index contributed by atoms with van der Waals surface area (Å²) in [6.07, 6.45) is 2.20. The maximum absolute atomic E-state index is 12.5. The third-order valence-electron chi connectivity index (χ3n) is 6.23. The van der Waals surface area contributed by atoms with Crippen molar-refractivity contribution in [3.8, 4) is 11.3 Å². The van der Waals surface area contributed by atoms with Crippen LogP contribution in [0.5, 0.6) is 0 Å². The van der Waals surface area contributed by atoms with Crippen LogP contribution >= 0.6 is 22.9 Å². The van der Waals surface area contributed by atoms with Crippen LogP contribution in [0.25, 0.3) is 16.1 Å². The third kappa shape index (κ3) is 5.57. The Bertz CT molecular complexity index is 1250. The van der Waals surface area contributed by atoms with Gasteiger partial charge in [-0.15, -0.1) is 10.2 Å². The summed E-state index contributed by atoms with van der Waals surface area (Å²) in [4.78, 5) is 23.1. The van der Waals surface area contributed by atoms with Crippen molar-refractivity contribution in [3.05, 3.63) is 47.4 Å². The van der Waals surface area contributed by atoms with Crippen LogP contribution < -0.4 is 4.90 Å². The Morgan fingerprint density at radius 2 is 1.91 bits per heavy atom. The van der Waals surface area contributed by atoms with Gasteiger partial charge in [0.1, 0.15) is 11.8 Å². The number of carbonyl (C=O) groups is 1. The van der Waals surface area contributed by atoms with Gasteiger partial charge in [-0.2, -0.15) is 0 Å². The maximum atomic E-state index is 12.5. The predicted octanol–water partition coefficient (Wildman–Crippen LogP) is 7.49.